The highest BCUT2D eigenvalue weighted by Gasteiger charge is 2.19. The Morgan fingerprint density at radius 1 is 0.964 bits per heavy atom. The Balaban J connectivity index is 1.88. The maximum atomic E-state index is 12.3. The average molecular weight is 383 g/mol. The summed E-state index contributed by atoms with van der Waals surface area (Å²) in [6.45, 7) is 11.4. The van der Waals surface area contributed by atoms with Crippen LogP contribution >= 0.6 is 0 Å². The zero-order valence-electron chi connectivity index (χ0n) is 17.5. The molecule has 0 bridgehead atoms. The molecule has 2 aromatic carbocycles. The van der Waals surface area contributed by atoms with E-state index in [0.29, 0.717) is 11.7 Å². The van der Waals surface area contributed by atoms with Gasteiger partial charge < -0.3 is 14.8 Å². The lowest BCUT2D eigenvalue weighted by atomic mass is 9.98. The van der Waals surface area contributed by atoms with Crippen LogP contribution in [0.15, 0.2) is 36.4 Å². The molecule has 0 radical (unpaired) electrons. The molecule has 0 fully saturated rings. The van der Waals surface area contributed by atoms with Crippen LogP contribution in [-0.2, 0) is 14.3 Å². The van der Waals surface area contributed by atoms with Crippen LogP contribution in [0.4, 0.5) is 5.69 Å². The van der Waals surface area contributed by atoms with E-state index in [1.54, 1.807) is 6.92 Å². The summed E-state index contributed by atoms with van der Waals surface area (Å²) in [5.74, 6) is 0.0689. The highest BCUT2D eigenvalue weighted by molar-refractivity contribution is 5.96. The van der Waals surface area contributed by atoms with Gasteiger partial charge >= 0.3 is 5.97 Å². The molecule has 0 aromatic heterocycles. The molecule has 0 spiro atoms. The van der Waals surface area contributed by atoms with Crippen molar-refractivity contribution in [2.75, 3.05) is 11.9 Å². The second-order valence-corrected chi connectivity index (χ2v) is 7.35. The van der Waals surface area contributed by atoms with E-state index in [4.69, 9.17) is 9.47 Å². The lowest BCUT2D eigenvalue weighted by Crippen LogP contribution is -2.32. The number of carbonyl (C=O) groups is 2. The molecule has 5 nitrogen and oxygen atoms in total. The number of hydrogen-bond donors (Lipinski definition) is 1. The zero-order chi connectivity index (χ0) is 20.8. The van der Waals surface area contributed by atoms with E-state index in [1.165, 1.54) is 5.56 Å². The first kappa shape index (κ1) is 21.5. The number of anilines is 1. The molecule has 2 aromatic rings. The monoisotopic (exact) mass is 383 g/mol. The summed E-state index contributed by atoms with van der Waals surface area (Å²) in [6, 6.07) is 11.5. The third-order valence-electron chi connectivity index (χ3n) is 4.63. The standard InChI is InChI=1S/C23H29NO4/c1-14(2)20-11-10-19(12-17(20)5)27-13-21(25)28-18(6)23(26)24-22-15(3)8-7-9-16(22)4/h7-12,14,18H,13H2,1-6H3,(H,24,26)/t18-/m1/s1. The fraction of sp³-hybridized carbons (Fsp3) is 0.391. The van der Waals surface area contributed by atoms with E-state index in [-0.39, 0.29) is 12.5 Å². The maximum absolute atomic E-state index is 12.3. The quantitative estimate of drug-likeness (QED) is 0.705. The molecular weight excluding hydrogens is 354 g/mol. The van der Waals surface area contributed by atoms with Gasteiger partial charge in [0, 0.05) is 5.69 Å². The number of amides is 1. The lowest BCUT2D eigenvalue weighted by Gasteiger charge is -2.16. The second-order valence-electron chi connectivity index (χ2n) is 7.35. The maximum Gasteiger partial charge on any atom is 0.344 e. The first-order chi connectivity index (χ1) is 13.2. The summed E-state index contributed by atoms with van der Waals surface area (Å²) < 4.78 is 10.7. The van der Waals surface area contributed by atoms with Gasteiger partial charge in [-0.05, 0) is 68.0 Å². The molecule has 150 valence electrons. The van der Waals surface area contributed by atoms with Crippen LogP contribution < -0.4 is 10.1 Å². The van der Waals surface area contributed by atoms with E-state index < -0.39 is 12.1 Å². The molecule has 28 heavy (non-hydrogen) atoms. The van der Waals surface area contributed by atoms with Gasteiger partial charge in [0.1, 0.15) is 5.75 Å². The molecule has 0 heterocycles. The number of ether oxygens (including phenoxy) is 2. The Morgan fingerprint density at radius 2 is 1.61 bits per heavy atom. The van der Waals surface area contributed by atoms with Crippen LogP contribution in [0.5, 0.6) is 5.75 Å². The number of hydrogen-bond acceptors (Lipinski definition) is 4. The summed E-state index contributed by atoms with van der Waals surface area (Å²) >= 11 is 0. The molecule has 0 saturated carbocycles. The van der Waals surface area contributed by atoms with Crippen LogP contribution in [0.3, 0.4) is 0 Å². The van der Waals surface area contributed by atoms with E-state index >= 15 is 0 Å². The molecule has 2 rings (SSSR count). The summed E-state index contributed by atoms with van der Waals surface area (Å²) in [5.41, 5.74) is 5.01. The SMILES string of the molecule is Cc1cc(OCC(=O)O[C@H](C)C(=O)Nc2c(C)cccc2C)ccc1C(C)C. The minimum absolute atomic E-state index is 0.249. The zero-order valence-corrected chi connectivity index (χ0v) is 17.5. The number of aryl methyl sites for hydroxylation is 3. The Bertz CT molecular complexity index is 837. The topological polar surface area (TPSA) is 64.6 Å². The summed E-state index contributed by atoms with van der Waals surface area (Å²) in [6.07, 6.45) is -0.917. The van der Waals surface area contributed by atoms with Gasteiger partial charge in [0.25, 0.3) is 5.91 Å². The smallest absolute Gasteiger partial charge is 0.344 e. The minimum atomic E-state index is -0.917. The third kappa shape index (κ3) is 5.59. The number of carbonyl (C=O) groups excluding carboxylic acids is 2. The van der Waals surface area contributed by atoms with Crippen molar-refractivity contribution in [2.24, 2.45) is 0 Å². The number of benzene rings is 2. The molecule has 5 heteroatoms. The highest BCUT2D eigenvalue weighted by Crippen LogP contribution is 2.23. The van der Waals surface area contributed by atoms with E-state index in [0.717, 1.165) is 22.4 Å². The predicted octanol–water partition coefficient (Wildman–Crippen LogP) is 4.68. The van der Waals surface area contributed by atoms with Gasteiger partial charge in [-0.15, -0.1) is 0 Å². The molecular formula is C23H29NO4. The predicted molar refractivity (Wildman–Crippen MR) is 111 cm³/mol. The van der Waals surface area contributed by atoms with Gasteiger partial charge in [-0.2, -0.15) is 0 Å². The first-order valence-electron chi connectivity index (χ1n) is 9.49. The molecule has 1 N–H and O–H groups in total. The summed E-state index contributed by atoms with van der Waals surface area (Å²) in [5, 5.41) is 2.82. The number of rotatable bonds is 7. The molecule has 1 atom stereocenters. The van der Waals surface area contributed by atoms with Crippen LogP contribution in [0, 0.1) is 20.8 Å². The third-order valence-corrected chi connectivity index (χ3v) is 4.63. The Morgan fingerprint density at radius 3 is 2.18 bits per heavy atom. The van der Waals surface area contributed by atoms with Crippen molar-refractivity contribution in [3.8, 4) is 5.75 Å². The van der Waals surface area contributed by atoms with Crippen LogP contribution in [-0.4, -0.2) is 24.6 Å². The fourth-order valence-electron chi connectivity index (χ4n) is 3.05. The van der Waals surface area contributed by atoms with Gasteiger partial charge in [-0.25, -0.2) is 4.79 Å². The summed E-state index contributed by atoms with van der Waals surface area (Å²) in [4.78, 5) is 24.4. The normalized spacial score (nSPS) is 11.8. The number of esters is 1. The average Bonchev–Trinajstić information content (AvgIpc) is 2.62. The second kappa shape index (κ2) is 9.40. The lowest BCUT2D eigenvalue weighted by molar-refractivity contribution is -0.155. The molecule has 0 aliphatic rings. The molecule has 0 saturated heterocycles. The van der Waals surface area contributed by atoms with Crippen molar-refractivity contribution in [1.82, 2.24) is 0 Å². The molecule has 0 aliphatic carbocycles. The molecule has 0 aliphatic heterocycles. The number of para-hydroxylation sites is 1. The first-order valence-corrected chi connectivity index (χ1v) is 9.49. The number of nitrogens with one attached hydrogen (secondary N) is 1. The van der Waals surface area contributed by atoms with Crippen molar-refractivity contribution >= 4 is 17.6 Å². The minimum Gasteiger partial charge on any atom is -0.482 e. The van der Waals surface area contributed by atoms with Crippen molar-refractivity contribution in [1.29, 1.82) is 0 Å². The van der Waals surface area contributed by atoms with Crippen molar-refractivity contribution in [3.05, 3.63) is 58.7 Å². The Hall–Kier alpha value is -2.82. The van der Waals surface area contributed by atoms with Crippen LogP contribution in [0.2, 0.25) is 0 Å². The fourth-order valence-corrected chi connectivity index (χ4v) is 3.05. The van der Waals surface area contributed by atoms with Crippen molar-refractivity contribution in [2.45, 2.75) is 53.6 Å². The van der Waals surface area contributed by atoms with Gasteiger partial charge in [-0.3, -0.25) is 4.79 Å². The Labute approximate surface area is 167 Å². The van der Waals surface area contributed by atoms with Gasteiger partial charge in [-0.1, -0.05) is 38.1 Å². The van der Waals surface area contributed by atoms with E-state index in [2.05, 4.69) is 19.2 Å². The van der Waals surface area contributed by atoms with Gasteiger partial charge in [0.15, 0.2) is 12.7 Å². The van der Waals surface area contributed by atoms with Gasteiger partial charge in [0.2, 0.25) is 0 Å². The van der Waals surface area contributed by atoms with Crippen LogP contribution in [0.25, 0.3) is 0 Å². The summed E-state index contributed by atoms with van der Waals surface area (Å²) in [7, 11) is 0. The highest BCUT2D eigenvalue weighted by atomic mass is 16.6. The van der Waals surface area contributed by atoms with Crippen molar-refractivity contribution < 1.29 is 19.1 Å². The van der Waals surface area contributed by atoms with E-state index in [1.807, 2.05) is 57.2 Å². The van der Waals surface area contributed by atoms with E-state index in [9.17, 15) is 9.59 Å². The van der Waals surface area contributed by atoms with Gasteiger partial charge in [0.05, 0.1) is 0 Å². The Kier molecular flexibility index (Phi) is 7.21. The molecule has 0 unspecified atom stereocenters. The van der Waals surface area contributed by atoms with Crippen molar-refractivity contribution in [3.63, 3.8) is 0 Å². The largest absolute Gasteiger partial charge is 0.482 e. The molecule has 1 amide bonds. The van der Waals surface area contributed by atoms with Crippen LogP contribution in [0.1, 0.15) is 48.9 Å².